The summed E-state index contributed by atoms with van der Waals surface area (Å²) in [5, 5.41) is 5.86. The fourth-order valence-electron chi connectivity index (χ4n) is 2.84. The number of hydrogen-bond donors (Lipinski definition) is 2. The van der Waals surface area contributed by atoms with Gasteiger partial charge in [-0.05, 0) is 37.6 Å². The number of nitrogens with one attached hydrogen (secondary N) is 2. The molecule has 1 heterocycles. The van der Waals surface area contributed by atoms with Gasteiger partial charge in [0.25, 0.3) is 5.91 Å². The summed E-state index contributed by atoms with van der Waals surface area (Å²) in [6, 6.07) is 14.4. The molecule has 0 saturated carbocycles. The van der Waals surface area contributed by atoms with E-state index in [1.54, 1.807) is 42.7 Å². The Morgan fingerprint density at radius 3 is 2.32 bits per heavy atom. The van der Waals surface area contributed by atoms with Crippen LogP contribution in [0.2, 0.25) is 0 Å². The van der Waals surface area contributed by atoms with Crippen molar-refractivity contribution in [1.82, 2.24) is 15.3 Å². The first-order chi connectivity index (χ1) is 13.6. The number of rotatable bonds is 7. The molecule has 6 heteroatoms. The van der Waals surface area contributed by atoms with Crippen LogP contribution < -0.4 is 10.6 Å². The molecule has 0 atom stereocenters. The van der Waals surface area contributed by atoms with Crippen LogP contribution in [-0.2, 0) is 0 Å². The molecule has 6 nitrogen and oxygen atoms in total. The lowest BCUT2D eigenvalue weighted by molar-refractivity contribution is 0.0943. The highest BCUT2D eigenvalue weighted by atomic mass is 16.2. The van der Waals surface area contributed by atoms with Crippen molar-refractivity contribution in [2.75, 3.05) is 18.4 Å². The zero-order valence-electron chi connectivity index (χ0n) is 15.9. The Morgan fingerprint density at radius 1 is 0.857 bits per heavy atom. The third-order valence-electron chi connectivity index (χ3n) is 4.31. The molecule has 28 heavy (non-hydrogen) atoms. The second-order valence-corrected chi connectivity index (χ2v) is 6.45. The number of hydrogen-bond acceptors (Lipinski definition) is 5. The Labute approximate surface area is 164 Å². The standard InChI is InChI=1S/C22H22N4O2/c1-15-8-9-16(2)19(14-15)20(27)17-6-3-4-7-18(17)21(28)23-12-13-26-22-24-10-5-11-25-22/h3-11,14H,12-13H2,1-2H3,(H,23,28)(H,24,25,26). The quantitative estimate of drug-likeness (QED) is 0.490. The maximum atomic E-state index is 13.1. The summed E-state index contributed by atoms with van der Waals surface area (Å²) in [6.45, 7) is 4.69. The van der Waals surface area contributed by atoms with E-state index in [0.29, 0.717) is 35.7 Å². The zero-order valence-corrected chi connectivity index (χ0v) is 15.9. The minimum absolute atomic E-state index is 0.150. The number of nitrogens with zero attached hydrogens (tertiary/aromatic N) is 2. The fourth-order valence-corrected chi connectivity index (χ4v) is 2.84. The molecule has 2 N–H and O–H groups in total. The molecule has 0 aliphatic rings. The van der Waals surface area contributed by atoms with E-state index in [2.05, 4.69) is 20.6 Å². The number of benzene rings is 2. The molecule has 0 radical (unpaired) electrons. The average molecular weight is 374 g/mol. The second kappa shape index (κ2) is 8.90. The molecule has 142 valence electrons. The van der Waals surface area contributed by atoms with E-state index < -0.39 is 0 Å². The Bertz CT molecular complexity index is 987. The lowest BCUT2D eigenvalue weighted by atomic mass is 9.94. The Kier molecular flexibility index (Phi) is 6.11. The van der Waals surface area contributed by atoms with Gasteiger partial charge in [0, 0.05) is 36.6 Å². The predicted molar refractivity (Wildman–Crippen MR) is 109 cm³/mol. The highest BCUT2D eigenvalue weighted by Gasteiger charge is 2.19. The van der Waals surface area contributed by atoms with Crippen LogP contribution >= 0.6 is 0 Å². The molecule has 3 rings (SSSR count). The van der Waals surface area contributed by atoms with Crippen LogP contribution in [0.5, 0.6) is 0 Å². The van der Waals surface area contributed by atoms with Crippen LogP contribution in [0.4, 0.5) is 5.95 Å². The van der Waals surface area contributed by atoms with Crippen molar-refractivity contribution in [2.24, 2.45) is 0 Å². The Morgan fingerprint density at radius 2 is 1.57 bits per heavy atom. The maximum absolute atomic E-state index is 13.1. The van der Waals surface area contributed by atoms with Crippen LogP contribution in [0, 0.1) is 13.8 Å². The molecule has 3 aromatic rings. The van der Waals surface area contributed by atoms with E-state index >= 15 is 0 Å². The van der Waals surface area contributed by atoms with E-state index in [4.69, 9.17) is 0 Å². The monoisotopic (exact) mass is 374 g/mol. The molecule has 0 fully saturated rings. The van der Waals surface area contributed by atoms with Crippen molar-refractivity contribution in [2.45, 2.75) is 13.8 Å². The largest absolute Gasteiger partial charge is 0.352 e. The van der Waals surface area contributed by atoms with Crippen molar-refractivity contribution in [3.63, 3.8) is 0 Å². The van der Waals surface area contributed by atoms with Gasteiger partial charge in [-0.3, -0.25) is 9.59 Å². The number of ketones is 1. The molecule has 0 aliphatic carbocycles. The molecule has 0 unspecified atom stereocenters. The first-order valence-electron chi connectivity index (χ1n) is 9.06. The van der Waals surface area contributed by atoms with Gasteiger partial charge in [0.15, 0.2) is 5.78 Å². The fraction of sp³-hybridized carbons (Fsp3) is 0.182. The van der Waals surface area contributed by atoms with Gasteiger partial charge in [0.05, 0.1) is 5.56 Å². The van der Waals surface area contributed by atoms with Crippen LogP contribution in [0.25, 0.3) is 0 Å². The third kappa shape index (κ3) is 4.59. The van der Waals surface area contributed by atoms with Gasteiger partial charge in [-0.2, -0.15) is 0 Å². The summed E-state index contributed by atoms with van der Waals surface area (Å²) in [4.78, 5) is 33.8. The molecule has 0 spiro atoms. The van der Waals surface area contributed by atoms with E-state index in [1.807, 2.05) is 32.0 Å². The summed E-state index contributed by atoms with van der Waals surface area (Å²) < 4.78 is 0. The number of carbonyl (C=O) groups excluding carboxylic acids is 2. The van der Waals surface area contributed by atoms with E-state index in [9.17, 15) is 9.59 Å². The van der Waals surface area contributed by atoms with Crippen LogP contribution in [0.1, 0.15) is 37.4 Å². The van der Waals surface area contributed by atoms with E-state index in [-0.39, 0.29) is 11.7 Å². The Hall–Kier alpha value is -3.54. The van der Waals surface area contributed by atoms with E-state index in [1.165, 1.54) is 0 Å². The molecule has 1 aromatic heterocycles. The third-order valence-corrected chi connectivity index (χ3v) is 4.31. The highest BCUT2D eigenvalue weighted by Crippen LogP contribution is 2.19. The number of anilines is 1. The van der Waals surface area contributed by atoms with Gasteiger partial charge in [0.1, 0.15) is 0 Å². The van der Waals surface area contributed by atoms with Crippen molar-refractivity contribution >= 4 is 17.6 Å². The van der Waals surface area contributed by atoms with Crippen molar-refractivity contribution in [3.8, 4) is 0 Å². The minimum Gasteiger partial charge on any atom is -0.352 e. The average Bonchev–Trinajstić information content (AvgIpc) is 2.73. The Balaban J connectivity index is 1.70. The topological polar surface area (TPSA) is 84.0 Å². The molecule has 0 saturated heterocycles. The van der Waals surface area contributed by atoms with Crippen molar-refractivity contribution < 1.29 is 9.59 Å². The smallest absolute Gasteiger partial charge is 0.252 e. The maximum Gasteiger partial charge on any atom is 0.252 e. The molecule has 1 amide bonds. The predicted octanol–water partition coefficient (Wildman–Crippen LogP) is 3.17. The van der Waals surface area contributed by atoms with Gasteiger partial charge in [-0.15, -0.1) is 0 Å². The molecular weight excluding hydrogens is 352 g/mol. The molecule has 0 bridgehead atoms. The first kappa shape index (κ1) is 19.2. The summed E-state index contributed by atoms with van der Waals surface area (Å²) in [7, 11) is 0. The number of aryl methyl sites for hydroxylation is 2. The van der Waals surface area contributed by atoms with Gasteiger partial charge in [-0.1, -0.05) is 35.9 Å². The van der Waals surface area contributed by atoms with Gasteiger partial charge in [-0.25, -0.2) is 9.97 Å². The lowest BCUT2D eigenvalue weighted by Gasteiger charge is -2.12. The molecular formula is C22H22N4O2. The van der Waals surface area contributed by atoms with Crippen molar-refractivity contribution in [3.05, 3.63) is 88.7 Å². The van der Waals surface area contributed by atoms with Gasteiger partial charge < -0.3 is 10.6 Å². The number of carbonyl (C=O) groups is 2. The zero-order chi connectivity index (χ0) is 19.9. The normalized spacial score (nSPS) is 10.4. The van der Waals surface area contributed by atoms with Gasteiger partial charge >= 0.3 is 0 Å². The van der Waals surface area contributed by atoms with Gasteiger partial charge in [0.2, 0.25) is 5.95 Å². The summed E-state index contributed by atoms with van der Waals surface area (Å²) in [5.74, 6) is 0.0649. The van der Waals surface area contributed by atoms with Crippen molar-refractivity contribution in [1.29, 1.82) is 0 Å². The first-order valence-corrected chi connectivity index (χ1v) is 9.06. The summed E-state index contributed by atoms with van der Waals surface area (Å²) >= 11 is 0. The lowest BCUT2D eigenvalue weighted by Crippen LogP contribution is -2.30. The SMILES string of the molecule is Cc1ccc(C)c(C(=O)c2ccccc2C(=O)NCCNc2ncccn2)c1. The molecule has 0 aliphatic heterocycles. The van der Waals surface area contributed by atoms with Crippen LogP contribution in [0.3, 0.4) is 0 Å². The van der Waals surface area contributed by atoms with Crippen LogP contribution in [-0.4, -0.2) is 34.7 Å². The van der Waals surface area contributed by atoms with Crippen LogP contribution in [0.15, 0.2) is 60.9 Å². The number of aromatic nitrogens is 2. The highest BCUT2D eigenvalue weighted by molar-refractivity contribution is 6.15. The number of amides is 1. The molecule has 2 aromatic carbocycles. The second-order valence-electron chi connectivity index (χ2n) is 6.45. The minimum atomic E-state index is -0.287. The summed E-state index contributed by atoms with van der Waals surface area (Å²) in [5.41, 5.74) is 3.27. The summed E-state index contributed by atoms with van der Waals surface area (Å²) in [6.07, 6.45) is 3.28. The van der Waals surface area contributed by atoms with E-state index in [0.717, 1.165) is 11.1 Å².